The zero-order valence-electron chi connectivity index (χ0n) is 23.2. The number of likely N-dealkylation sites (tertiary alicyclic amines) is 1. The molecule has 4 N–H and O–H groups in total. The molecule has 3 amide bonds. The minimum absolute atomic E-state index is 0.0447. The summed E-state index contributed by atoms with van der Waals surface area (Å²) in [6.45, 7) is 3.46. The number of benzene rings is 2. The molecular weight excluding hydrogens is 588 g/mol. The van der Waals surface area contributed by atoms with Crippen LogP contribution in [0.15, 0.2) is 59.1 Å². The first-order chi connectivity index (χ1) is 19.7. The summed E-state index contributed by atoms with van der Waals surface area (Å²) in [6, 6.07) is 12.5. The number of amides is 3. The van der Waals surface area contributed by atoms with Crippen molar-refractivity contribution in [3.63, 3.8) is 0 Å². The number of aliphatic hydroxyl groups is 2. The highest BCUT2D eigenvalue weighted by Crippen LogP contribution is 2.46. The van der Waals surface area contributed by atoms with Gasteiger partial charge in [0.05, 0.1) is 30.9 Å². The molecule has 4 atom stereocenters. The van der Waals surface area contributed by atoms with Gasteiger partial charge in [0.1, 0.15) is 0 Å². The number of rotatable bonds is 9. The van der Waals surface area contributed by atoms with Crippen molar-refractivity contribution in [1.29, 1.82) is 0 Å². The maximum Gasteiger partial charge on any atom is 0.264 e. The Bertz CT molecular complexity index is 1330. The van der Waals surface area contributed by atoms with Crippen molar-refractivity contribution in [2.24, 2.45) is 5.92 Å². The summed E-state index contributed by atoms with van der Waals surface area (Å²) in [7, 11) is 0. The Labute approximate surface area is 248 Å². The van der Waals surface area contributed by atoms with E-state index in [2.05, 4.69) is 26.6 Å². The van der Waals surface area contributed by atoms with Crippen LogP contribution in [0.5, 0.6) is 0 Å². The average molecular weight is 626 g/mol. The van der Waals surface area contributed by atoms with Crippen LogP contribution in [0.25, 0.3) is 0 Å². The molecule has 218 valence electrons. The van der Waals surface area contributed by atoms with Crippen molar-refractivity contribution in [3.05, 3.63) is 70.2 Å². The zero-order valence-corrected chi connectivity index (χ0v) is 24.8. The summed E-state index contributed by atoms with van der Waals surface area (Å²) in [6.07, 6.45) is 7.06. The second-order valence-corrected chi connectivity index (χ2v) is 12.1. The van der Waals surface area contributed by atoms with Crippen molar-refractivity contribution >= 4 is 45.0 Å². The van der Waals surface area contributed by atoms with Crippen LogP contribution in [-0.4, -0.2) is 64.6 Å². The van der Waals surface area contributed by atoms with Gasteiger partial charge < -0.3 is 30.6 Å². The SMILES string of the molecule is C[C@H](/C=C/CC(=O)N1CCC[C@H]1CO)[C@@]1(O)C(=O)N(Cc2ccc(NC(=O)[C@H]3CCCN3)cc2)c2ccc(Br)cc21. The number of nitrogens with zero attached hydrogens (tertiary/aromatic N) is 2. The quantitative estimate of drug-likeness (QED) is 0.317. The van der Waals surface area contributed by atoms with E-state index in [-0.39, 0.29) is 43.5 Å². The topological polar surface area (TPSA) is 122 Å². The summed E-state index contributed by atoms with van der Waals surface area (Å²) in [5, 5.41) is 27.6. The van der Waals surface area contributed by atoms with Crippen LogP contribution in [0.2, 0.25) is 0 Å². The highest BCUT2D eigenvalue weighted by atomic mass is 79.9. The van der Waals surface area contributed by atoms with Crippen LogP contribution in [0.1, 0.15) is 50.2 Å². The van der Waals surface area contributed by atoms with Crippen molar-refractivity contribution in [2.45, 2.75) is 63.3 Å². The number of nitrogens with one attached hydrogen (secondary N) is 2. The van der Waals surface area contributed by atoms with Gasteiger partial charge in [-0.05, 0) is 68.1 Å². The predicted molar refractivity (Wildman–Crippen MR) is 160 cm³/mol. The Morgan fingerprint density at radius 2 is 1.98 bits per heavy atom. The third-order valence-electron chi connectivity index (χ3n) is 8.45. The van der Waals surface area contributed by atoms with E-state index in [4.69, 9.17) is 0 Å². The third kappa shape index (κ3) is 5.97. The Kier molecular flexibility index (Phi) is 8.94. The highest BCUT2D eigenvalue weighted by molar-refractivity contribution is 9.10. The van der Waals surface area contributed by atoms with Crippen molar-refractivity contribution < 1.29 is 24.6 Å². The fourth-order valence-electron chi connectivity index (χ4n) is 6.07. The Hall–Kier alpha value is -3.05. The summed E-state index contributed by atoms with van der Waals surface area (Å²) in [5.74, 6) is -1.15. The monoisotopic (exact) mass is 624 g/mol. The molecule has 9 nitrogen and oxygen atoms in total. The third-order valence-corrected chi connectivity index (χ3v) is 8.95. The van der Waals surface area contributed by atoms with E-state index in [0.29, 0.717) is 23.5 Å². The van der Waals surface area contributed by atoms with Crippen LogP contribution in [0.4, 0.5) is 11.4 Å². The molecule has 3 aliphatic heterocycles. The van der Waals surface area contributed by atoms with E-state index >= 15 is 0 Å². The van der Waals surface area contributed by atoms with E-state index in [0.717, 1.165) is 42.3 Å². The smallest absolute Gasteiger partial charge is 0.264 e. The summed E-state index contributed by atoms with van der Waals surface area (Å²) < 4.78 is 0.747. The normalized spacial score (nSPS) is 24.7. The van der Waals surface area contributed by atoms with Gasteiger partial charge >= 0.3 is 0 Å². The number of carbonyl (C=O) groups excluding carboxylic acids is 3. The molecule has 3 heterocycles. The van der Waals surface area contributed by atoms with Gasteiger partial charge in [-0.2, -0.15) is 0 Å². The fourth-order valence-corrected chi connectivity index (χ4v) is 6.43. The second-order valence-electron chi connectivity index (χ2n) is 11.1. The van der Waals surface area contributed by atoms with Crippen molar-refractivity contribution in [3.8, 4) is 0 Å². The Morgan fingerprint density at radius 3 is 2.68 bits per heavy atom. The predicted octanol–water partition coefficient (Wildman–Crippen LogP) is 3.44. The second kappa shape index (κ2) is 12.4. The maximum absolute atomic E-state index is 13.8. The van der Waals surface area contributed by atoms with E-state index in [1.807, 2.05) is 36.4 Å². The van der Waals surface area contributed by atoms with Crippen molar-refractivity contribution in [2.75, 3.05) is 29.9 Å². The molecule has 41 heavy (non-hydrogen) atoms. The molecule has 3 aliphatic rings. The number of aliphatic hydroxyl groups excluding tert-OH is 1. The molecule has 2 aromatic rings. The molecule has 2 fully saturated rings. The first kappa shape index (κ1) is 29.4. The molecule has 0 bridgehead atoms. The number of carbonyl (C=O) groups is 3. The van der Waals surface area contributed by atoms with Crippen LogP contribution >= 0.6 is 15.9 Å². The minimum atomic E-state index is -1.80. The molecule has 5 rings (SSSR count). The molecule has 0 saturated carbocycles. The Morgan fingerprint density at radius 1 is 1.20 bits per heavy atom. The number of fused-ring (bicyclic) bond motifs is 1. The number of anilines is 2. The molecule has 0 aromatic heterocycles. The summed E-state index contributed by atoms with van der Waals surface area (Å²) in [5.41, 5.74) is 0.875. The average Bonchev–Trinajstić information content (AvgIpc) is 3.72. The molecule has 2 saturated heterocycles. The number of hydrogen-bond acceptors (Lipinski definition) is 6. The lowest BCUT2D eigenvalue weighted by molar-refractivity contribution is -0.139. The lowest BCUT2D eigenvalue weighted by Gasteiger charge is -2.28. The standard InChI is InChI=1S/C31H37BrN4O5/c1-20(5-2-8-28(38)35-16-4-6-24(35)19-37)31(41)25-17-22(32)11-14-27(25)36(30(31)40)18-21-9-12-23(13-10-21)34-29(39)26-7-3-15-33-26/h2,5,9-14,17,20,24,26,33,37,41H,3-4,6-8,15-16,18-19H2,1H3,(H,34,39)/b5-2+/t20-,24+,26-,31+/m1/s1. The summed E-state index contributed by atoms with van der Waals surface area (Å²) in [4.78, 5) is 42.3. The Balaban J connectivity index is 1.29. The first-order valence-electron chi connectivity index (χ1n) is 14.3. The van der Waals surface area contributed by atoms with Gasteiger partial charge in [0, 0.05) is 34.6 Å². The van der Waals surface area contributed by atoms with E-state index in [1.165, 1.54) is 0 Å². The van der Waals surface area contributed by atoms with Gasteiger partial charge in [-0.15, -0.1) is 0 Å². The maximum atomic E-state index is 13.8. The first-order valence-corrected chi connectivity index (χ1v) is 15.1. The number of hydrogen-bond donors (Lipinski definition) is 4. The van der Waals surface area contributed by atoms with Gasteiger partial charge in [-0.1, -0.05) is 47.1 Å². The van der Waals surface area contributed by atoms with Gasteiger partial charge in [-0.3, -0.25) is 14.4 Å². The molecule has 10 heteroatoms. The van der Waals surface area contributed by atoms with E-state index in [1.54, 1.807) is 34.9 Å². The molecule has 2 aromatic carbocycles. The van der Waals surface area contributed by atoms with Gasteiger partial charge in [-0.25, -0.2) is 0 Å². The number of halogens is 1. The summed E-state index contributed by atoms with van der Waals surface area (Å²) >= 11 is 3.48. The lowest BCUT2D eigenvalue weighted by atomic mass is 9.83. The minimum Gasteiger partial charge on any atom is -0.394 e. The zero-order chi connectivity index (χ0) is 29.1. The molecule has 0 aliphatic carbocycles. The molecule has 0 unspecified atom stereocenters. The van der Waals surface area contributed by atoms with Gasteiger partial charge in [0.2, 0.25) is 11.8 Å². The fraction of sp³-hybridized carbons (Fsp3) is 0.452. The largest absolute Gasteiger partial charge is 0.394 e. The molecule has 0 radical (unpaired) electrons. The van der Waals surface area contributed by atoms with E-state index in [9.17, 15) is 24.6 Å². The van der Waals surface area contributed by atoms with Crippen LogP contribution in [0.3, 0.4) is 0 Å². The lowest BCUT2D eigenvalue weighted by Crippen LogP contribution is -2.44. The molecule has 0 spiro atoms. The van der Waals surface area contributed by atoms with Crippen LogP contribution in [-0.2, 0) is 26.5 Å². The highest BCUT2D eigenvalue weighted by Gasteiger charge is 2.52. The van der Waals surface area contributed by atoms with Crippen molar-refractivity contribution in [1.82, 2.24) is 10.2 Å². The molecular formula is C31H37BrN4O5. The van der Waals surface area contributed by atoms with Gasteiger partial charge in [0.25, 0.3) is 5.91 Å². The van der Waals surface area contributed by atoms with E-state index < -0.39 is 17.4 Å². The van der Waals surface area contributed by atoms with Crippen LogP contribution < -0.4 is 15.5 Å². The van der Waals surface area contributed by atoms with Crippen LogP contribution in [0, 0.1) is 5.92 Å². The van der Waals surface area contributed by atoms with Gasteiger partial charge in [0.15, 0.2) is 5.60 Å².